The summed E-state index contributed by atoms with van der Waals surface area (Å²) in [6.07, 6.45) is 0. The Morgan fingerprint density at radius 1 is 1.00 bits per heavy atom. The van der Waals surface area contributed by atoms with Gasteiger partial charge in [0.1, 0.15) is 0 Å². The van der Waals surface area contributed by atoms with Crippen molar-refractivity contribution in [2.24, 2.45) is 0 Å². The average Bonchev–Trinajstić information content (AvgIpc) is 2.03. The van der Waals surface area contributed by atoms with Crippen LogP contribution in [0.15, 0.2) is 0 Å². The van der Waals surface area contributed by atoms with Crippen molar-refractivity contribution in [1.29, 1.82) is 0 Å². The second-order valence-corrected chi connectivity index (χ2v) is 5.97. The van der Waals surface area contributed by atoms with E-state index in [-0.39, 0.29) is 0 Å². The molecule has 0 fully saturated rings. The van der Waals surface area contributed by atoms with Crippen molar-refractivity contribution in [2.75, 3.05) is 40.5 Å². The van der Waals surface area contributed by atoms with Gasteiger partial charge in [-0.3, -0.25) is 0 Å². The standard InChI is InChI=1S/C9H23NO3Si/c1-6-11-14(5,12-7-2)13-9-8-10(3)4/h6-9H2,1-5H3. The van der Waals surface area contributed by atoms with Crippen LogP contribution >= 0.6 is 0 Å². The molecule has 86 valence electrons. The van der Waals surface area contributed by atoms with Gasteiger partial charge in [-0.25, -0.2) is 0 Å². The van der Waals surface area contributed by atoms with Gasteiger partial charge < -0.3 is 18.2 Å². The largest absolute Gasteiger partial charge is 0.497 e. The van der Waals surface area contributed by atoms with E-state index in [1.165, 1.54) is 0 Å². The fourth-order valence-electron chi connectivity index (χ4n) is 1.06. The van der Waals surface area contributed by atoms with E-state index in [9.17, 15) is 0 Å². The van der Waals surface area contributed by atoms with Gasteiger partial charge in [0, 0.05) is 26.3 Å². The fraction of sp³-hybridized carbons (Fsp3) is 1.00. The summed E-state index contributed by atoms with van der Waals surface area (Å²) in [5, 5.41) is 0. The van der Waals surface area contributed by atoms with Gasteiger partial charge in [0.25, 0.3) is 0 Å². The molecular formula is C9H23NO3Si. The minimum absolute atomic E-state index is 0.644. The van der Waals surface area contributed by atoms with E-state index in [2.05, 4.69) is 4.90 Å². The summed E-state index contributed by atoms with van der Waals surface area (Å²) in [6.45, 7) is 8.70. The molecule has 0 heterocycles. The first kappa shape index (κ1) is 14.1. The Morgan fingerprint density at radius 2 is 1.50 bits per heavy atom. The van der Waals surface area contributed by atoms with Gasteiger partial charge in [-0.1, -0.05) is 0 Å². The van der Waals surface area contributed by atoms with E-state index in [0.29, 0.717) is 19.8 Å². The smallest absolute Gasteiger partial charge is 0.374 e. The highest BCUT2D eigenvalue weighted by Crippen LogP contribution is 2.08. The van der Waals surface area contributed by atoms with Crippen molar-refractivity contribution < 1.29 is 13.3 Å². The van der Waals surface area contributed by atoms with Crippen LogP contribution in [0, 0.1) is 0 Å². The molecule has 0 atom stereocenters. The predicted octanol–water partition coefficient (Wildman–Crippen LogP) is 1.21. The summed E-state index contributed by atoms with van der Waals surface area (Å²) in [5.74, 6) is 0. The van der Waals surface area contributed by atoms with Crippen LogP contribution in [-0.2, 0) is 13.3 Å². The van der Waals surface area contributed by atoms with Crippen LogP contribution in [-0.4, -0.2) is 54.2 Å². The lowest BCUT2D eigenvalue weighted by atomic mass is 10.6. The number of hydrogen-bond donors (Lipinski definition) is 0. The normalized spacial score (nSPS) is 12.4. The van der Waals surface area contributed by atoms with Gasteiger partial charge in [0.2, 0.25) is 0 Å². The second-order valence-electron chi connectivity index (χ2n) is 3.38. The van der Waals surface area contributed by atoms with E-state index in [1.807, 2.05) is 34.5 Å². The van der Waals surface area contributed by atoms with Gasteiger partial charge in [-0.2, -0.15) is 0 Å². The van der Waals surface area contributed by atoms with Crippen molar-refractivity contribution in [1.82, 2.24) is 4.90 Å². The first-order chi connectivity index (χ1) is 6.54. The molecule has 0 N–H and O–H groups in total. The van der Waals surface area contributed by atoms with Gasteiger partial charge >= 0.3 is 8.80 Å². The summed E-state index contributed by atoms with van der Waals surface area (Å²) >= 11 is 0. The minimum Gasteiger partial charge on any atom is -0.374 e. The maximum Gasteiger partial charge on any atom is 0.497 e. The van der Waals surface area contributed by atoms with E-state index < -0.39 is 8.80 Å². The van der Waals surface area contributed by atoms with Gasteiger partial charge in [-0.05, 0) is 27.9 Å². The molecule has 0 saturated carbocycles. The Morgan fingerprint density at radius 3 is 1.86 bits per heavy atom. The van der Waals surface area contributed by atoms with Crippen LogP contribution in [0.3, 0.4) is 0 Å². The number of likely N-dealkylation sites (N-methyl/N-ethyl adjacent to an activating group) is 1. The third kappa shape index (κ3) is 6.50. The summed E-state index contributed by atoms with van der Waals surface area (Å²) in [7, 11) is 1.69. The minimum atomic E-state index is -2.34. The highest BCUT2D eigenvalue weighted by Gasteiger charge is 2.33. The third-order valence-corrected chi connectivity index (χ3v) is 4.07. The molecule has 0 aromatic rings. The molecule has 0 aliphatic heterocycles. The quantitative estimate of drug-likeness (QED) is 0.576. The van der Waals surface area contributed by atoms with Crippen LogP contribution in [0.25, 0.3) is 0 Å². The molecule has 0 spiro atoms. The van der Waals surface area contributed by atoms with Crippen LogP contribution < -0.4 is 0 Å². The number of nitrogens with zero attached hydrogens (tertiary/aromatic N) is 1. The van der Waals surface area contributed by atoms with E-state index in [1.54, 1.807) is 0 Å². The second kappa shape index (κ2) is 7.36. The lowest BCUT2D eigenvalue weighted by Gasteiger charge is -2.25. The molecule has 0 aromatic heterocycles. The molecule has 0 rings (SSSR count). The molecule has 0 amide bonds. The molecule has 0 aromatic carbocycles. The summed E-state index contributed by atoms with van der Waals surface area (Å²) in [4.78, 5) is 2.08. The van der Waals surface area contributed by atoms with Crippen molar-refractivity contribution in [3.8, 4) is 0 Å². The summed E-state index contributed by atoms with van der Waals surface area (Å²) in [6, 6.07) is 0. The average molecular weight is 221 g/mol. The van der Waals surface area contributed by atoms with E-state index in [0.717, 1.165) is 6.54 Å². The van der Waals surface area contributed by atoms with Crippen molar-refractivity contribution in [3.05, 3.63) is 0 Å². The Kier molecular flexibility index (Phi) is 7.39. The van der Waals surface area contributed by atoms with E-state index >= 15 is 0 Å². The van der Waals surface area contributed by atoms with Crippen LogP contribution in [0.2, 0.25) is 6.55 Å². The predicted molar refractivity (Wildman–Crippen MR) is 59.4 cm³/mol. The molecule has 5 heteroatoms. The van der Waals surface area contributed by atoms with Crippen molar-refractivity contribution in [2.45, 2.75) is 20.4 Å². The fourth-order valence-corrected chi connectivity index (χ4v) is 2.82. The zero-order valence-electron chi connectivity index (χ0n) is 10.0. The topological polar surface area (TPSA) is 30.9 Å². The van der Waals surface area contributed by atoms with Crippen LogP contribution in [0.1, 0.15) is 13.8 Å². The van der Waals surface area contributed by atoms with Crippen LogP contribution in [0.5, 0.6) is 0 Å². The molecule has 0 aliphatic carbocycles. The Labute approximate surface area is 88.5 Å². The first-order valence-electron chi connectivity index (χ1n) is 5.10. The molecule has 0 radical (unpaired) electrons. The SMILES string of the molecule is CCO[Si](C)(OCC)OCCN(C)C. The molecule has 0 saturated heterocycles. The Hall–Kier alpha value is 0.0569. The van der Waals surface area contributed by atoms with Crippen molar-refractivity contribution in [3.63, 3.8) is 0 Å². The molecule has 0 aliphatic rings. The van der Waals surface area contributed by atoms with Gasteiger partial charge in [0.15, 0.2) is 0 Å². The van der Waals surface area contributed by atoms with E-state index in [4.69, 9.17) is 13.3 Å². The van der Waals surface area contributed by atoms with Gasteiger partial charge in [0.05, 0.1) is 6.61 Å². The maximum absolute atomic E-state index is 5.67. The highest BCUT2D eigenvalue weighted by atomic mass is 28.4. The van der Waals surface area contributed by atoms with Crippen molar-refractivity contribution >= 4 is 8.80 Å². The summed E-state index contributed by atoms with van der Waals surface area (Å²) in [5.41, 5.74) is 0. The first-order valence-corrected chi connectivity index (χ1v) is 7.33. The summed E-state index contributed by atoms with van der Waals surface area (Å²) < 4.78 is 16.7. The zero-order valence-corrected chi connectivity index (χ0v) is 11.0. The number of hydrogen-bond acceptors (Lipinski definition) is 4. The Bertz CT molecular complexity index is 138. The lowest BCUT2D eigenvalue weighted by Crippen LogP contribution is -2.44. The van der Waals surface area contributed by atoms with Crippen LogP contribution in [0.4, 0.5) is 0 Å². The maximum atomic E-state index is 5.67. The third-order valence-electron chi connectivity index (χ3n) is 1.72. The number of rotatable bonds is 8. The zero-order chi connectivity index (χ0) is 11.0. The highest BCUT2D eigenvalue weighted by molar-refractivity contribution is 6.59. The molecule has 14 heavy (non-hydrogen) atoms. The monoisotopic (exact) mass is 221 g/mol. The van der Waals surface area contributed by atoms with Gasteiger partial charge in [-0.15, -0.1) is 0 Å². The molecule has 0 unspecified atom stereocenters. The Balaban J connectivity index is 3.83. The molecule has 4 nitrogen and oxygen atoms in total. The lowest BCUT2D eigenvalue weighted by molar-refractivity contribution is 0.0689. The molecular weight excluding hydrogens is 198 g/mol. The molecule has 0 bridgehead atoms.